The zero-order valence-electron chi connectivity index (χ0n) is 16.7. The van der Waals surface area contributed by atoms with Crippen LogP contribution in [0.5, 0.6) is 0 Å². The standard InChI is InChI=1S/C20H24FN7/c1-12(2)28-13(3)24-16-7-6-15(25-18(16)28)14-8-9-27-17(14)10-22-19(26-27)23-11-20(4,5)21/h6-10,12H,11H2,1-5H3,(H,23,26). The number of fused-ring (bicyclic) bond motifs is 2. The Morgan fingerprint density at radius 2 is 1.96 bits per heavy atom. The first kappa shape index (κ1) is 18.3. The van der Waals surface area contributed by atoms with Crippen LogP contribution in [-0.2, 0) is 0 Å². The van der Waals surface area contributed by atoms with Gasteiger partial charge in [-0.15, -0.1) is 5.10 Å². The van der Waals surface area contributed by atoms with Gasteiger partial charge < -0.3 is 9.88 Å². The SMILES string of the molecule is Cc1nc2ccc(-c3ccn4nc(NCC(C)(C)F)ncc34)nc2n1C(C)C. The van der Waals surface area contributed by atoms with Gasteiger partial charge in [0.2, 0.25) is 5.95 Å². The highest BCUT2D eigenvalue weighted by atomic mass is 19.1. The van der Waals surface area contributed by atoms with Gasteiger partial charge in [0.15, 0.2) is 5.65 Å². The summed E-state index contributed by atoms with van der Waals surface area (Å²) in [7, 11) is 0. The molecule has 0 saturated carbocycles. The van der Waals surface area contributed by atoms with Gasteiger partial charge in [-0.05, 0) is 52.8 Å². The summed E-state index contributed by atoms with van der Waals surface area (Å²) in [5.41, 5.74) is 3.03. The molecular formula is C20H24FN7. The highest BCUT2D eigenvalue weighted by Gasteiger charge is 2.17. The molecule has 4 aromatic heterocycles. The van der Waals surface area contributed by atoms with Crippen molar-refractivity contribution < 1.29 is 4.39 Å². The molecule has 4 heterocycles. The second-order valence-corrected chi connectivity index (χ2v) is 7.88. The summed E-state index contributed by atoms with van der Waals surface area (Å²) in [5.74, 6) is 1.34. The van der Waals surface area contributed by atoms with Gasteiger partial charge in [0, 0.05) is 17.8 Å². The van der Waals surface area contributed by atoms with Crippen molar-refractivity contribution in [2.24, 2.45) is 0 Å². The summed E-state index contributed by atoms with van der Waals surface area (Å²) in [4.78, 5) is 13.8. The van der Waals surface area contributed by atoms with E-state index in [4.69, 9.17) is 4.98 Å². The molecule has 0 spiro atoms. The summed E-state index contributed by atoms with van der Waals surface area (Å²) in [6, 6.07) is 6.19. The molecule has 0 aliphatic carbocycles. The number of halogens is 1. The van der Waals surface area contributed by atoms with Crippen molar-refractivity contribution in [2.75, 3.05) is 11.9 Å². The van der Waals surface area contributed by atoms with Crippen LogP contribution < -0.4 is 5.32 Å². The van der Waals surface area contributed by atoms with E-state index in [0.717, 1.165) is 33.8 Å². The minimum absolute atomic E-state index is 0.142. The molecule has 8 heteroatoms. The fourth-order valence-corrected chi connectivity index (χ4v) is 3.34. The zero-order chi connectivity index (χ0) is 20.1. The second-order valence-electron chi connectivity index (χ2n) is 7.88. The molecule has 4 aromatic rings. The van der Waals surface area contributed by atoms with Gasteiger partial charge >= 0.3 is 0 Å². The molecule has 0 atom stereocenters. The Morgan fingerprint density at radius 3 is 2.68 bits per heavy atom. The maximum atomic E-state index is 13.7. The number of imidazole rings is 1. The Hall–Kier alpha value is -3.03. The van der Waals surface area contributed by atoms with Crippen molar-refractivity contribution >= 4 is 22.6 Å². The molecule has 0 bridgehead atoms. The lowest BCUT2D eigenvalue weighted by Crippen LogP contribution is -2.25. The van der Waals surface area contributed by atoms with Gasteiger partial charge in [0.05, 0.1) is 24.0 Å². The molecule has 1 N–H and O–H groups in total. The van der Waals surface area contributed by atoms with Crippen LogP contribution in [0.15, 0.2) is 30.6 Å². The Morgan fingerprint density at radius 1 is 1.18 bits per heavy atom. The predicted molar refractivity (Wildman–Crippen MR) is 108 cm³/mol. The Kier molecular flexibility index (Phi) is 4.28. The van der Waals surface area contributed by atoms with E-state index in [9.17, 15) is 4.39 Å². The number of nitrogens with zero attached hydrogens (tertiary/aromatic N) is 6. The monoisotopic (exact) mass is 381 g/mol. The van der Waals surface area contributed by atoms with E-state index in [1.54, 1.807) is 10.7 Å². The topological polar surface area (TPSA) is 72.9 Å². The summed E-state index contributed by atoms with van der Waals surface area (Å²) in [5, 5.41) is 7.35. The summed E-state index contributed by atoms with van der Waals surface area (Å²) in [6.45, 7) is 9.41. The van der Waals surface area contributed by atoms with Crippen LogP contribution in [0.1, 0.15) is 39.6 Å². The molecule has 7 nitrogen and oxygen atoms in total. The van der Waals surface area contributed by atoms with Crippen molar-refractivity contribution in [3.05, 3.63) is 36.4 Å². The lowest BCUT2D eigenvalue weighted by Gasteiger charge is -2.14. The molecule has 0 aromatic carbocycles. The lowest BCUT2D eigenvalue weighted by atomic mass is 10.2. The number of pyridine rings is 1. The van der Waals surface area contributed by atoms with Crippen LogP contribution in [0.3, 0.4) is 0 Å². The molecule has 0 aliphatic heterocycles. The first-order chi connectivity index (χ1) is 13.2. The molecule has 0 amide bonds. The van der Waals surface area contributed by atoms with E-state index in [0.29, 0.717) is 5.95 Å². The van der Waals surface area contributed by atoms with E-state index >= 15 is 0 Å². The van der Waals surface area contributed by atoms with E-state index in [2.05, 4.69) is 38.8 Å². The van der Waals surface area contributed by atoms with Crippen LogP contribution >= 0.6 is 0 Å². The maximum absolute atomic E-state index is 13.7. The Balaban J connectivity index is 1.74. The molecule has 0 radical (unpaired) electrons. The molecule has 0 aliphatic rings. The number of alkyl halides is 1. The summed E-state index contributed by atoms with van der Waals surface area (Å²) in [6.07, 6.45) is 3.59. The number of nitrogens with one attached hydrogen (secondary N) is 1. The van der Waals surface area contributed by atoms with Gasteiger partial charge in [-0.1, -0.05) is 0 Å². The number of aromatic nitrogens is 6. The quantitative estimate of drug-likeness (QED) is 0.561. The molecule has 28 heavy (non-hydrogen) atoms. The average molecular weight is 381 g/mol. The largest absolute Gasteiger partial charge is 0.350 e. The number of hydrogen-bond donors (Lipinski definition) is 1. The molecule has 0 saturated heterocycles. The zero-order valence-corrected chi connectivity index (χ0v) is 16.7. The maximum Gasteiger partial charge on any atom is 0.241 e. The van der Waals surface area contributed by atoms with Gasteiger partial charge in [-0.2, -0.15) is 0 Å². The van der Waals surface area contributed by atoms with E-state index in [-0.39, 0.29) is 12.6 Å². The lowest BCUT2D eigenvalue weighted by molar-refractivity contribution is 0.234. The van der Waals surface area contributed by atoms with Crippen LogP contribution in [0, 0.1) is 6.92 Å². The first-order valence-electron chi connectivity index (χ1n) is 9.36. The third-order valence-corrected chi connectivity index (χ3v) is 4.59. The number of aryl methyl sites for hydroxylation is 1. The summed E-state index contributed by atoms with van der Waals surface area (Å²) >= 11 is 0. The molecule has 0 unspecified atom stereocenters. The number of anilines is 1. The fraction of sp³-hybridized carbons (Fsp3) is 0.400. The van der Waals surface area contributed by atoms with Crippen LogP contribution in [0.2, 0.25) is 0 Å². The normalized spacial score (nSPS) is 12.4. The highest BCUT2D eigenvalue weighted by Crippen LogP contribution is 2.27. The predicted octanol–water partition coefficient (Wildman–Crippen LogP) is 4.19. The van der Waals surface area contributed by atoms with Gasteiger partial charge in [-0.25, -0.2) is 23.9 Å². The first-order valence-corrected chi connectivity index (χ1v) is 9.36. The van der Waals surface area contributed by atoms with Crippen LogP contribution in [0.4, 0.5) is 10.3 Å². The second kappa shape index (κ2) is 6.54. The van der Waals surface area contributed by atoms with Crippen molar-refractivity contribution in [1.29, 1.82) is 0 Å². The summed E-state index contributed by atoms with van der Waals surface area (Å²) < 4.78 is 17.6. The van der Waals surface area contributed by atoms with Crippen molar-refractivity contribution in [3.8, 4) is 11.3 Å². The smallest absolute Gasteiger partial charge is 0.241 e. The average Bonchev–Trinajstić information content (AvgIpc) is 3.18. The van der Waals surface area contributed by atoms with Crippen molar-refractivity contribution in [2.45, 2.75) is 46.3 Å². The van der Waals surface area contributed by atoms with Crippen molar-refractivity contribution in [3.63, 3.8) is 0 Å². The van der Waals surface area contributed by atoms with Gasteiger partial charge in [0.1, 0.15) is 17.0 Å². The third kappa shape index (κ3) is 3.30. The number of hydrogen-bond acceptors (Lipinski definition) is 5. The van der Waals surface area contributed by atoms with Gasteiger partial charge in [-0.3, -0.25) is 0 Å². The Bertz CT molecular complexity index is 1150. The van der Waals surface area contributed by atoms with Crippen LogP contribution in [-0.4, -0.2) is 41.3 Å². The molecule has 0 fully saturated rings. The minimum Gasteiger partial charge on any atom is -0.350 e. The van der Waals surface area contributed by atoms with E-state index in [1.165, 1.54) is 13.8 Å². The minimum atomic E-state index is -1.34. The molecule has 146 valence electrons. The van der Waals surface area contributed by atoms with Crippen molar-refractivity contribution in [1.82, 2.24) is 29.1 Å². The fourth-order valence-electron chi connectivity index (χ4n) is 3.34. The van der Waals surface area contributed by atoms with Crippen LogP contribution in [0.25, 0.3) is 27.9 Å². The highest BCUT2D eigenvalue weighted by molar-refractivity contribution is 5.82. The van der Waals surface area contributed by atoms with E-state index < -0.39 is 5.67 Å². The molecular weight excluding hydrogens is 357 g/mol. The van der Waals surface area contributed by atoms with E-state index in [1.807, 2.05) is 31.3 Å². The Labute approximate surface area is 162 Å². The number of rotatable bonds is 5. The van der Waals surface area contributed by atoms with Gasteiger partial charge in [0.25, 0.3) is 0 Å². The third-order valence-electron chi connectivity index (χ3n) is 4.59. The molecule has 4 rings (SSSR count).